The number of rotatable bonds is 5. The molecule has 2 rings (SSSR count). The van der Waals surface area contributed by atoms with Crippen molar-refractivity contribution < 1.29 is 0 Å². The quantitative estimate of drug-likeness (QED) is 0.881. The van der Waals surface area contributed by atoms with E-state index in [1.54, 1.807) is 0 Å². The van der Waals surface area contributed by atoms with Gasteiger partial charge < -0.3 is 5.32 Å². The summed E-state index contributed by atoms with van der Waals surface area (Å²) in [6.45, 7) is 4.32. The van der Waals surface area contributed by atoms with Crippen LogP contribution < -0.4 is 5.32 Å². The van der Waals surface area contributed by atoms with Gasteiger partial charge in [-0.1, -0.05) is 43.7 Å². The van der Waals surface area contributed by atoms with E-state index in [0.717, 1.165) is 12.1 Å². The van der Waals surface area contributed by atoms with Crippen molar-refractivity contribution in [2.45, 2.75) is 32.7 Å². The van der Waals surface area contributed by atoms with Crippen molar-refractivity contribution in [1.82, 2.24) is 10.3 Å². The molecule has 2 nitrogen and oxygen atoms in total. The van der Waals surface area contributed by atoms with Gasteiger partial charge in [0.1, 0.15) is 0 Å². The maximum absolute atomic E-state index is 4.52. The van der Waals surface area contributed by atoms with Gasteiger partial charge in [0, 0.05) is 6.20 Å². The molecule has 19 heavy (non-hydrogen) atoms. The third-order valence-corrected chi connectivity index (χ3v) is 3.46. The van der Waals surface area contributed by atoms with Gasteiger partial charge in [-0.15, -0.1) is 0 Å². The zero-order valence-electron chi connectivity index (χ0n) is 12.0. The molecule has 1 aromatic carbocycles. The highest BCUT2D eigenvalue weighted by Crippen LogP contribution is 2.23. The van der Waals surface area contributed by atoms with Crippen LogP contribution in [0.15, 0.2) is 42.6 Å². The minimum Gasteiger partial charge on any atom is -0.308 e. The smallest absolute Gasteiger partial charge is 0.0751 e. The van der Waals surface area contributed by atoms with Gasteiger partial charge in [-0.3, -0.25) is 4.98 Å². The number of aromatic nitrogens is 1. The molecular formula is C17H22N2. The molecule has 0 amide bonds. The Morgan fingerprint density at radius 1 is 1.16 bits per heavy atom. The van der Waals surface area contributed by atoms with Crippen molar-refractivity contribution in [3.63, 3.8) is 0 Å². The van der Waals surface area contributed by atoms with Crippen molar-refractivity contribution in [2.24, 2.45) is 0 Å². The van der Waals surface area contributed by atoms with Gasteiger partial charge in [0.2, 0.25) is 0 Å². The van der Waals surface area contributed by atoms with E-state index in [9.17, 15) is 0 Å². The maximum atomic E-state index is 4.52. The summed E-state index contributed by atoms with van der Waals surface area (Å²) in [5.74, 6) is 0. The molecule has 1 N–H and O–H groups in total. The van der Waals surface area contributed by atoms with E-state index in [2.05, 4.69) is 54.5 Å². The van der Waals surface area contributed by atoms with Gasteiger partial charge in [-0.25, -0.2) is 0 Å². The predicted molar refractivity (Wildman–Crippen MR) is 80.3 cm³/mol. The first kappa shape index (κ1) is 13.8. The molecule has 0 saturated carbocycles. The third-order valence-electron chi connectivity index (χ3n) is 3.46. The topological polar surface area (TPSA) is 24.9 Å². The molecule has 1 heterocycles. The third kappa shape index (κ3) is 3.21. The van der Waals surface area contributed by atoms with E-state index in [0.29, 0.717) is 0 Å². The molecule has 1 aromatic heterocycles. The summed E-state index contributed by atoms with van der Waals surface area (Å²) in [6.07, 6.45) is 4.19. The summed E-state index contributed by atoms with van der Waals surface area (Å²) in [6, 6.07) is 13.1. The Kier molecular flexibility index (Phi) is 4.69. The molecule has 0 aliphatic carbocycles. The minimum absolute atomic E-state index is 0.164. The lowest BCUT2D eigenvalue weighted by Crippen LogP contribution is -2.19. The average molecular weight is 254 g/mol. The predicted octanol–water partition coefficient (Wildman–Crippen LogP) is 3.65. The summed E-state index contributed by atoms with van der Waals surface area (Å²) in [5.41, 5.74) is 5.00. The maximum Gasteiger partial charge on any atom is 0.0751 e. The molecular weight excluding hydrogens is 232 g/mol. The Morgan fingerprint density at radius 2 is 1.89 bits per heavy atom. The van der Waals surface area contributed by atoms with E-state index >= 15 is 0 Å². The Hall–Kier alpha value is -1.67. The second-order valence-electron chi connectivity index (χ2n) is 4.92. The molecule has 0 spiro atoms. The molecule has 0 aliphatic rings. The lowest BCUT2D eigenvalue weighted by Gasteiger charge is -2.18. The number of nitrogens with zero attached hydrogens (tertiary/aromatic N) is 1. The molecule has 1 atom stereocenters. The van der Waals surface area contributed by atoms with Crippen LogP contribution in [0.5, 0.6) is 0 Å². The van der Waals surface area contributed by atoms with E-state index in [-0.39, 0.29) is 6.04 Å². The molecule has 1 unspecified atom stereocenters. The fraction of sp³-hybridized carbons (Fsp3) is 0.353. The standard InChI is InChI=1S/C17H22N2/c1-4-6-14-8-10-15(11-9-14)17(18-3)16-13(2)7-5-12-19-16/h5,7-12,17-18H,4,6H2,1-3H3. The lowest BCUT2D eigenvalue weighted by molar-refractivity contribution is 0.665. The van der Waals surface area contributed by atoms with Crippen LogP contribution in [0.4, 0.5) is 0 Å². The molecule has 0 saturated heterocycles. The van der Waals surface area contributed by atoms with Crippen LogP contribution in [0.3, 0.4) is 0 Å². The zero-order valence-corrected chi connectivity index (χ0v) is 12.0. The lowest BCUT2D eigenvalue weighted by atomic mass is 9.98. The summed E-state index contributed by atoms with van der Waals surface area (Å²) in [7, 11) is 1.98. The molecule has 2 aromatic rings. The Labute approximate surface area is 115 Å². The fourth-order valence-corrected chi connectivity index (χ4v) is 2.43. The van der Waals surface area contributed by atoms with E-state index in [1.807, 2.05) is 19.3 Å². The van der Waals surface area contributed by atoms with Gasteiger partial charge in [0.05, 0.1) is 11.7 Å². The van der Waals surface area contributed by atoms with E-state index in [1.165, 1.54) is 23.1 Å². The Bertz CT molecular complexity index is 517. The highest BCUT2D eigenvalue weighted by atomic mass is 14.9. The number of nitrogens with one attached hydrogen (secondary N) is 1. The summed E-state index contributed by atoms with van der Waals surface area (Å²) < 4.78 is 0. The van der Waals surface area contributed by atoms with Crippen molar-refractivity contribution >= 4 is 0 Å². The highest BCUT2D eigenvalue weighted by Gasteiger charge is 2.14. The van der Waals surface area contributed by atoms with Gasteiger partial charge in [-0.2, -0.15) is 0 Å². The minimum atomic E-state index is 0.164. The zero-order chi connectivity index (χ0) is 13.7. The first-order chi connectivity index (χ1) is 9.26. The first-order valence-corrected chi connectivity index (χ1v) is 6.94. The molecule has 0 fully saturated rings. The number of hydrogen-bond donors (Lipinski definition) is 1. The molecule has 2 heteroatoms. The van der Waals surface area contributed by atoms with E-state index in [4.69, 9.17) is 0 Å². The largest absolute Gasteiger partial charge is 0.308 e. The monoisotopic (exact) mass is 254 g/mol. The first-order valence-electron chi connectivity index (χ1n) is 6.94. The van der Waals surface area contributed by atoms with Crippen molar-refractivity contribution in [2.75, 3.05) is 7.05 Å². The van der Waals surface area contributed by atoms with Gasteiger partial charge in [0.25, 0.3) is 0 Å². The molecule has 0 aliphatic heterocycles. The Balaban J connectivity index is 2.29. The fourth-order valence-electron chi connectivity index (χ4n) is 2.43. The number of hydrogen-bond acceptors (Lipinski definition) is 2. The van der Waals surface area contributed by atoms with Gasteiger partial charge >= 0.3 is 0 Å². The number of pyridine rings is 1. The van der Waals surface area contributed by atoms with Crippen molar-refractivity contribution in [3.05, 3.63) is 65.0 Å². The second-order valence-corrected chi connectivity index (χ2v) is 4.92. The highest BCUT2D eigenvalue weighted by molar-refractivity contribution is 5.33. The van der Waals surface area contributed by atoms with E-state index < -0.39 is 0 Å². The van der Waals surface area contributed by atoms with Gasteiger partial charge in [0.15, 0.2) is 0 Å². The SMILES string of the molecule is CCCc1ccc(C(NC)c2ncccc2C)cc1. The summed E-state index contributed by atoms with van der Waals surface area (Å²) >= 11 is 0. The normalized spacial score (nSPS) is 12.4. The van der Waals surface area contributed by atoms with Crippen LogP contribution in [0, 0.1) is 6.92 Å². The van der Waals surface area contributed by atoms with Crippen molar-refractivity contribution in [1.29, 1.82) is 0 Å². The number of aryl methyl sites for hydroxylation is 2. The molecule has 0 bridgehead atoms. The Morgan fingerprint density at radius 3 is 2.47 bits per heavy atom. The van der Waals surface area contributed by atoms with Crippen LogP contribution in [0.2, 0.25) is 0 Å². The summed E-state index contributed by atoms with van der Waals surface area (Å²) in [5, 5.41) is 3.36. The van der Waals surface area contributed by atoms with Gasteiger partial charge in [-0.05, 0) is 43.1 Å². The van der Waals surface area contributed by atoms with Crippen LogP contribution in [-0.2, 0) is 6.42 Å². The van der Waals surface area contributed by atoms with Crippen LogP contribution >= 0.6 is 0 Å². The van der Waals surface area contributed by atoms with Crippen LogP contribution in [-0.4, -0.2) is 12.0 Å². The molecule has 0 radical (unpaired) electrons. The summed E-state index contributed by atoms with van der Waals surface area (Å²) in [4.78, 5) is 4.52. The average Bonchev–Trinajstić information content (AvgIpc) is 2.44. The van der Waals surface area contributed by atoms with Crippen LogP contribution in [0.25, 0.3) is 0 Å². The number of benzene rings is 1. The molecule has 100 valence electrons. The van der Waals surface area contributed by atoms with Crippen molar-refractivity contribution in [3.8, 4) is 0 Å². The van der Waals surface area contributed by atoms with Crippen LogP contribution in [0.1, 0.15) is 41.8 Å². The second kappa shape index (κ2) is 6.48.